The highest BCUT2D eigenvalue weighted by atomic mass is 16.5. The van der Waals surface area contributed by atoms with Gasteiger partial charge in [0.1, 0.15) is 0 Å². The molecular weight excluding hydrogens is 264 g/mol. The molecule has 3 heterocycles. The van der Waals surface area contributed by atoms with Gasteiger partial charge in [-0.1, -0.05) is 6.07 Å². The molecule has 112 valence electrons. The van der Waals surface area contributed by atoms with Gasteiger partial charge in [-0.25, -0.2) is 0 Å². The predicted octanol–water partition coefficient (Wildman–Crippen LogP) is 2.04. The molecule has 1 atom stereocenters. The lowest BCUT2D eigenvalue weighted by atomic mass is 9.97. The fourth-order valence-electron chi connectivity index (χ4n) is 2.98. The average molecular weight is 286 g/mol. The van der Waals surface area contributed by atoms with Crippen LogP contribution in [-0.4, -0.2) is 39.9 Å². The second-order valence-corrected chi connectivity index (χ2v) is 5.54. The number of hydrogen-bond donors (Lipinski definition) is 0. The Kier molecular flexibility index (Phi) is 4.31. The number of aromatic nitrogens is 3. The predicted molar refractivity (Wildman–Crippen MR) is 80.9 cm³/mol. The number of rotatable bonds is 5. The quantitative estimate of drug-likeness (QED) is 0.843. The van der Waals surface area contributed by atoms with Gasteiger partial charge in [0, 0.05) is 57.2 Å². The summed E-state index contributed by atoms with van der Waals surface area (Å²) in [5.41, 5.74) is 3.64. The lowest BCUT2D eigenvalue weighted by molar-refractivity contribution is 0.134. The first-order valence-electron chi connectivity index (χ1n) is 7.47. The molecule has 5 heteroatoms. The largest absolute Gasteiger partial charge is 0.384 e. The van der Waals surface area contributed by atoms with Crippen LogP contribution in [0.5, 0.6) is 0 Å². The van der Waals surface area contributed by atoms with Crippen LogP contribution in [0, 0.1) is 0 Å². The van der Waals surface area contributed by atoms with E-state index < -0.39 is 0 Å². The Morgan fingerprint density at radius 1 is 1.38 bits per heavy atom. The standard InChI is InChI=1S/C16H22N4O/c1-3-20-10-13-8-19(11-15-6-4-5-7-17-15)9-14(12-21-2)16(13)18-20/h4-7,10,14H,3,8-9,11-12H2,1-2H3. The maximum absolute atomic E-state index is 5.39. The van der Waals surface area contributed by atoms with Gasteiger partial charge in [-0.3, -0.25) is 14.6 Å². The van der Waals surface area contributed by atoms with Gasteiger partial charge in [-0.05, 0) is 19.1 Å². The molecule has 1 aliphatic heterocycles. The van der Waals surface area contributed by atoms with Crippen molar-refractivity contribution in [2.75, 3.05) is 20.3 Å². The minimum absolute atomic E-state index is 0.343. The normalized spacial score (nSPS) is 18.7. The van der Waals surface area contributed by atoms with Gasteiger partial charge in [0.2, 0.25) is 0 Å². The summed E-state index contributed by atoms with van der Waals surface area (Å²) in [5.74, 6) is 0.343. The zero-order valence-corrected chi connectivity index (χ0v) is 12.7. The number of methoxy groups -OCH3 is 1. The van der Waals surface area contributed by atoms with Crippen molar-refractivity contribution in [3.05, 3.63) is 47.5 Å². The van der Waals surface area contributed by atoms with Crippen LogP contribution in [0.25, 0.3) is 0 Å². The van der Waals surface area contributed by atoms with Crippen molar-refractivity contribution in [3.63, 3.8) is 0 Å². The van der Waals surface area contributed by atoms with E-state index in [0.29, 0.717) is 12.5 Å². The molecule has 2 aromatic heterocycles. The van der Waals surface area contributed by atoms with E-state index in [-0.39, 0.29) is 0 Å². The van der Waals surface area contributed by atoms with E-state index in [9.17, 15) is 0 Å². The molecule has 0 bridgehead atoms. The van der Waals surface area contributed by atoms with Crippen molar-refractivity contribution in [2.24, 2.45) is 0 Å². The monoisotopic (exact) mass is 286 g/mol. The smallest absolute Gasteiger partial charge is 0.0736 e. The second kappa shape index (κ2) is 6.37. The number of aryl methyl sites for hydroxylation is 1. The third kappa shape index (κ3) is 3.14. The van der Waals surface area contributed by atoms with Crippen LogP contribution in [0.1, 0.15) is 29.8 Å². The lowest BCUT2D eigenvalue weighted by Gasteiger charge is -2.31. The van der Waals surface area contributed by atoms with Crippen molar-refractivity contribution in [3.8, 4) is 0 Å². The summed E-state index contributed by atoms with van der Waals surface area (Å²) < 4.78 is 7.41. The maximum atomic E-state index is 5.39. The minimum Gasteiger partial charge on any atom is -0.384 e. The number of fused-ring (bicyclic) bond motifs is 1. The fourth-order valence-corrected chi connectivity index (χ4v) is 2.98. The van der Waals surface area contributed by atoms with Gasteiger partial charge in [-0.2, -0.15) is 5.10 Å². The molecule has 1 aliphatic rings. The molecule has 0 aromatic carbocycles. The Morgan fingerprint density at radius 3 is 3.00 bits per heavy atom. The molecule has 1 unspecified atom stereocenters. The van der Waals surface area contributed by atoms with E-state index in [0.717, 1.165) is 31.9 Å². The summed E-state index contributed by atoms with van der Waals surface area (Å²) in [6.07, 6.45) is 4.02. The van der Waals surface area contributed by atoms with Crippen LogP contribution in [0.2, 0.25) is 0 Å². The molecular formula is C16H22N4O. The molecule has 0 aliphatic carbocycles. The van der Waals surface area contributed by atoms with Crippen LogP contribution in [0.3, 0.4) is 0 Å². The molecule has 0 fully saturated rings. The topological polar surface area (TPSA) is 43.2 Å². The highest BCUT2D eigenvalue weighted by Crippen LogP contribution is 2.28. The Balaban J connectivity index is 1.79. The Hall–Kier alpha value is -1.72. The first kappa shape index (κ1) is 14.2. The summed E-state index contributed by atoms with van der Waals surface area (Å²) in [4.78, 5) is 6.85. The van der Waals surface area contributed by atoms with E-state index >= 15 is 0 Å². The molecule has 2 aromatic rings. The highest BCUT2D eigenvalue weighted by molar-refractivity contribution is 5.25. The summed E-state index contributed by atoms with van der Waals surface area (Å²) in [7, 11) is 1.76. The zero-order chi connectivity index (χ0) is 14.7. The summed E-state index contributed by atoms with van der Waals surface area (Å²) in [5, 5.41) is 4.71. The first-order chi connectivity index (χ1) is 10.3. The Morgan fingerprint density at radius 2 is 2.29 bits per heavy atom. The van der Waals surface area contributed by atoms with Crippen molar-refractivity contribution in [2.45, 2.75) is 32.5 Å². The van der Waals surface area contributed by atoms with E-state index in [1.807, 2.05) is 23.0 Å². The first-order valence-corrected chi connectivity index (χ1v) is 7.47. The Bertz CT molecular complexity index is 581. The van der Waals surface area contributed by atoms with Crippen molar-refractivity contribution in [1.29, 1.82) is 0 Å². The number of pyridine rings is 1. The minimum atomic E-state index is 0.343. The van der Waals surface area contributed by atoms with E-state index in [1.165, 1.54) is 11.3 Å². The van der Waals surface area contributed by atoms with Gasteiger partial charge in [0.15, 0.2) is 0 Å². The van der Waals surface area contributed by atoms with Gasteiger partial charge >= 0.3 is 0 Å². The van der Waals surface area contributed by atoms with Gasteiger partial charge in [0.05, 0.1) is 18.0 Å². The van der Waals surface area contributed by atoms with Crippen molar-refractivity contribution >= 4 is 0 Å². The fraction of sp³-hybridized carbons (Fsp3) is 0.500. The molecule has 0 saturated carbocycles. The third-order valence-corrected chi connectivity index (χ3v) is 3.93. The van der Waals surface area contributed by atoms with Crippen molar-refractivity contribution < 1.29 is 4.74 Å². The molecule has 0 saturated heterocycles. The van der Waals surface area contributed by atoms with Gasteiger partial charge in [0.25, 0.3) is 0 Å². The molecule has 0 amide bonds. The summed E-state index contributed by atoms with van der Waals surface area (Å²) in [6, 6.07) is 6.08. The third-order valence-electron chi connectivity index (χ3n) is 3.93. The highest BCUT2D eigenvalue weighted by Gasteiger charge is 2.28. The SMILES string of the molecule is CCn1cc2c(n1)C(COC)CN(Cc1ccccn1)C2. The van der Waals surface area contributed by atoms with E-state index in [2.05, 4.69) is 29.1 Å². The second-order valence-electron chi connectivity index (χ2n) is 5.54. The number of hydrogen-bond acceptors (Lipinski definition) is 4. The zero-order valence-electron chi connectivity index (χ0n) is 12.7. The molecule has 0 spiro atoms. The van der Waals surface area contributed by atoms with Crippen LogP contribution in [0.4, 0.5) is 0 Å². The molecule has 5 nitrogen and oxygen atoms in total. The van der Waals surface area contributed by atoms with Gasteiger partial charge < -0.3 is 4.74 Å². The Labute approximate surface area is 125 Å². The molecule has 0 N–H and O–H groups in total. The van der Waals surface area contributed by atoms with E-state index in [1.54, 1.807) is 7.11 Å². The summed E-state index contributed by atoms with van der Waals surface area (Å²) >= 11 is 0. The lowest BCUT2D eigenvalue weighted by Crippen LogP contribution is -2.34. The summed E-state index contributed by atoms with van der Waals surface area (Å²) in [6.45, 7) is 6.52. The average Bonchev–Trinajstić information content (AvgIpc) is 2.92. The molecule has 0 radical (unpaired) electrons. The number of ether oxygens (including phenoxy) is 1. The van der Waals surface area contributed by atoms with Crippen LogP contribution >= 0.6 is 0 Å². The van der Waals surface area contributed by atoms with Crippen molar-refractivity contribution in [1.82, 2.24) is 19.7 Å². The van der Waals surface area contributed by atoms with Crippen LogP contribution < -0.4 is 0 Å². The van der Waals surface area contributed by atoms with Gasteiger partial charge in [-0.15, -0.1) is 0 Å². The number of nitrogens with zero attached hydrogens (tertiary/aromatic N) is 4. The molecule has 21 heavy (non-hydrogen) atoms. The van der Waals surface area contributed by atoms with Crippen LogP contribution in [-0.2, 0) is 24.4 Å². The van der Waals surface area contributed by atoms with Crippen LogP contribution in [0.15, 0.2) is 30.6 Å². The molecule has 3 rings (SSSR count). The maximum Gasteiger partial charge on any atom is 0.0736 e. The van der Waals surface area contributed by atoms with E-state index in [4.69, 9.17) is 9.84 Å².